The van der Waals surface area contributed by atoms with Crippen LogP contribution in [0.4, 0.5) is 0 Å². The Morgan fingerprint density at radius 1 is 0.941 bits per heavy atom. The maximum absolute atomic E-state index is 12.0. The fraction of sp³-hybridized carbons (Fsp3) is 0.200. The van der Waals surface area contributed by atoms with Crippen molar-refractivity contribution in [3.63, 3.8) is 0 Å². The van der Waals surface area contributed by atoms with Crippen LogP contribution in [0, 0.1) is 13.8 Å². The number of hydrogen-bond donors (Lipinski definition) is 1. The van der Waals surface area contributed by atoms with Gasteiger partial charge in [-0.25, -0.2) is 4.79 Å². The Bertz CT molecular complexity index is 1210. The molecule has 0 aliphatic heterocycles. The van der Waals surface area contributed by atoms with Gasteiger partial charge in [0.05, 0.1) is 24.5 Å². The third-order valence-electron chi connectivity index (χ3n) is 5.54. The molecule has 3 rings (SSSR count). The zero-order chi connectivity index (χ0) is 24.3. The highest BCUT2D eigenvalue weighted by Gasteiger charge is 2.13. The van der Waals surface area contributed by atoms with Gasteiger partial charge in [0.25, 0.3) is 0 Å². The minimum atomic E-state index is -0.643. The fourth-order valence-corrected chi connectivity index (χ4v) is 3.53. The van der Waals surface area contributed by atoms with Crippen LogP contribution in [-0.4, -0.2) is 23.2 Å². The number of aromatic nitrogens is 1. The number of rotatable bonds is 7. The Kier molecular flexibility index (Phi) is 9.12. The highest BCUT2D eigenvalue weighted by molar-refractivity contribution is 5.90. The monoisotopic (exact) mass is 453 g/mol. The predicted molar refractivity (Wildman–Crippen MR) is 138 cm³/mol. The summed E-state index contributed by atoms with van der Waals surface area (Å²) < 4.78 is 4.87. The molecule has 0 saturated heterocycles. The van der Waals surface area contributed by atoms with Gasteiger partial charge in [-0.15, -0.1) is 0 Å². The van der Waals surface area contributed by atoms with E-state index in [1.54, 1.807) is 12.3 Å². The van der Waals surface area contributed by atoms with Crippen LogP contribution in [0.3, 0.4) is 0 Å². The lowest BCUT2D eigenvalue weighted by molar-refractivity contribution is 0.0599. The van der Waals surface area contributed by atoms with Crippen LogP contribution in [-0.2, 0) is 11.2 Å². The molecule has 0 fully saturated rings. The van der Waals surface area contributed by atoms with Gasteiger partial charge in [-0.1, -0.05) is 66.2 Å². The second-order valence-electron chi connectivity index (χ2n) is 8.23. The minimum absolute atomic E-state index is 0.360. The molecule has 0 amide bonds. The molecule has 0 aliphatic carbocycles. The van der Waals surface area contributed by atoms with Gasteiger partial charge in [0.15, 0.2) is 0 Å². The lowest BCUT2D eigenvalue weighted by Gasteiger charge is -2.13. The molecule has 1 aromatic heterocycles. The first-order valence-corrected chi connectivity index (χ1v) is 11.4. The summed E-state index contributed by atoms with van der Waals surface area (Å²) in [6.45, 7) is 4.10. The number of aryl methyl sites for hydroxylation is 3. The first kappa shape index (κ1) is 24.9. The molecular weight excluding hydrogens is 422 g/mol. The highest BCUT2D eigenvalue weighted by Crippen LogP contribution is 2.22. The molecule has 34 heavy (non-hydrogen) atoms. The van der Waals surface area contributed by atoms with E-state index < -0.39 is 6.10 Å². The Labute approximate surface area is 201 Å². The molecule has 1 N–H and O–H groups in total. The maximum atomic E-state index is 12.0. The van der Waals surface area contributed by atoms with Crippen LogP contribution in [0.2, 0.25) is 0 Å². The summed E-state index contributed by atoms with van der Waals surface area (Å²) in [5, 5.41) is 10.8. The van der Waals surface area contributed by atoms with E-state index in [0.29, 0.717) is 18.4 Å². The fourth-order valence-electron chi connectivity index (χ4n) is 3.53. The van der Waals surface area contributed by atoms with Crippen molar-refractivity contribution in [3.8, 4) is 0 Å². The summed E-state index contributed by atoms with van der Waals surface area (Å²) in [7, 11) is 1.38. The summed E-state index contributed by atoms with van der Waals surface area (Å²) >= 11 is 0. The van der Waals surface area contributed by atoms with Crippen molar-refractivity contribution in [1.29, 1.82) is 0 Å². The lowest BCUT2D eigenvalue weighted by atomic mass is 9.97. The number of nitrogens with zero attached hydrogens (tertiary/aromatic N) is 1. The van der Waals surface area contributed by atoms with Gasteiger partial charge in [0.2, 0.25) is 0 Å². The molecule has 1 atom stereocenters. The van der Waals surface area contributed by atoms with Gasteiger partial charge in [-0.3, -0.25) is 4.98 Å². The number of hydrogen-bond acceptors (Lipinski definition) is 4. The molecule has 0 radical (unpaired) electrons. The van der Waals surface area contributed by atoms with Crippen molar-refractivity contribution >= 4 is 18.1 Å². The quantitative estimate of drug-likeness (QED) is 0.418. The predicted octanol–water partition coefficient (Wildman–Crippen LogP) is 6.45. The molecule has 1 unspecified atom stereocenters. The zero-order valence-corrected chi connectivity index (χ0v) is 19.9. The van der Waals surface area contributed by atoms with Crippen LogP contribution in [0.15, 0.2) is 85.1 Å². The minimum Gasteiger partial charge on any atom is -0.465 e. The molecule has 0 saturated carbocycles. The first-order chi connectivity index (χ1) is 16.5. The van der Waals surface area contributed by atoms with Crippen LogP contribution < -0.4 is 0 Å². The van der Waals surface area contributed by atoms with E-state index in [9.17, 15) is 9.90 Å². The topological polar surface area (TPSA) is 59.4 Å². The number of benzene rings is 2. The number of carbonyl (C=O) groups is 1. The number of ether oxygens (including phenoxy) is 1. The smallest absolute Gasteiger partial charge is 0.338 e. The third kappa shape index (κ3) is 7.39. The van der Waals surface area contributed by atoms with Gasteiger partial charge in [0.1, 0.15) is 0 Å². The standard InChI is InChI=1S/C30H31NO3/c1-22-11-12-23(2)19-20-31-27(16-13-22)17-14-24-7-6-9-26(21-24)29(32)18-15-25-8-4-5-10-28(25)30(33)34-3/h4-14,16-17,19-21,29,32H,15,18H2,1-3H3/b12-11?,16-13?,17-14+,20-19?,22-11?,22-13?,23-12?,23-19?,27-16?,31-20?,31-27?. The summed E-state index contributed by atoms with van der Waals surface area (Å²) in [6, 6.07) is 25.3. The molecule has 4 nitrogen and oxygen atoms in total. The van der Waals surface area contributed by atoms with Crippen LogP contribution in [0.5, 0.6) is 0 Å². The highest BCUT2D eigenvalue weighted by atomic mass is 16.5. The van der Waals surface area contributed by atoms with E-state index >= 15 is 0 Å². The molecule has 1 heterocycles. The zero-order valence-electron chi connectivity index (χ0n) is 19.9. The maximum Gasteiger partial charge on any atom is 0.338 e. The Morgan fingerprint density at radius 3 is 2.47 bits per heavy atom. The second-order valence-corrected chi connectivity index (χ2v) is 8.23. The molecule has 3 aromatic rings. The molecule has 0 bridgehead atoms. The molecule has 0 spiro atoms. The Balaban J connectivity index is 1.75. The van der Waals surface area contributed by atoms with Crippen molar-refractivity contribution in [2.45, 2.75) is 32.8 Å². The molecule has 4 heteroatoms. The van der Waals surface area contributed by atoms with Gasteiger partial charge in [-0.05, 0) is 79.3 Å². The first-order valence-electron chi connectivity index (χ1n) is 11.4. The summed E-state index contributed by atoms with van der Waals surface area (Å²) in [4.78, 5) is 16.5. The van der Waals surface area contributed by atoms with Gasteiger partial charge in [-0.2, -0.15) is 0 Å². The van der Waals surface area contributed by atoms with E-state index in [2.05, 4.69) is 24.0 Å². The molecule has 2 aromatic carbocycles. The van der Waals surface area contributed by atoms with E-state index in [1.807, 2.05) is 79.7 Å². The Morgan fingerprint density at radius 2 is 1.68 bits per heavy atom. The number of methoxy groups -OCH3 is 1. The summed E-state index contributed by atoms with van der Waals surface area (Å²) in [6.07, 6.45) is 6.19. The largest absolute Gasteiger partial charge is 0.465 e. The summed E-state index contributed by atoms with van der Waals surface area (Å²) in [5.74, 6) is -0.360. The van der Waals surface area contributed by atoms with Crippen LogP contribution >= 0.6 is 0 Å². The normalized spacial score (nSPS) is 11.6. The van der Waals surface area contributed by atoms with Crippen molar-refractivity contribution in [2.75, 3.05) is 7.11 Å². The van der Waals surface area contributed by atoms with Crippen LogP contribution in [0.1, 0.15) is 56.4 Å². The van der Waals surface area contributed by atoms with Crippen molar-refractivity contribution in [2.24, 2.45) is 0 Å². The van der Waals surface area contributed by atoms with E-state index in [1.165, 1.54) is 7.11 Å². The lowest BCUT2D eigenvalue weighted by Crippen LogP contribution is -2.07. The van der Waals surface area contributed by atoms with Gasteiger partial charge in [0, 0.05) is 6.20 Å². The molecule has 0 aliphatic rings. The van der Waals surface area contributed by atoms with Gasteiger partial charge >= 0.3 is 5.97 Å². The van der Waals surface area contributed by atoms with Gasteiger partial charge < -0.3 is 9.84 Å². The van der Waals surface area contributed by atoms with Crippen LogP contribution in [0.25, 0.3) is 12.2 Å². The SMILES string of the molecule is COC(=O)c1ccccc1CCC(O)c1cccc(/C=C/c2ccc(C)ccc(C)ccn2)c1. The van der Waals surface area contributed by atoms with Crippen molar-refractivity contribution in [1.82, 2.24) is 4.98 Å². The second kappa shape index (κ2) is 12.5. The third-order valence-corrected chi connectivity index (χ3v) is 5.54. The number of aliphatic hydroxyl groups is 1. The molecule has 174 valence electrons. The van der Waals surface area contributed by atoms with E-state index in [0.717, 1.165) is 33.5 Å². The number of carbonyl (C=O) groups excluding carboxylic acids is 1. The average Bonchev–Trinajstić information content (AvgIpc) is 2.86. The number of aliphatic hydroxyl groups excluding tert-OH is 1. The average molecular weight is 454 g/mol. The van der Waals surface area contributed by atoms with E-state index in [4.69, 9.17) is 4.74 Å². The van der Waals surface area contributed by atoms with E-state index in [-0.39, 0.29) is 5.97 Å². The van der Waals surface area contributed by atoms with Crippen molar-refractivity contribution in [3.05, 3.63) is 124 Å². The molecular formula is C30H31NO3. The number of esters is 1. The Hall–Kier alpha value is -3.76. The van der Waals surface area contributed by atoms with Crippen molar-refractivity contribution < 1.29 is 14.6 Å². The summed E-state index contributed by atoms with van der Waals surface area (Å²) in [5.41, 5.74) is 6.34.